The van der Waals surface area contributed by atoms with Gasteiger partial charge < -0.3 is 15.3 Å². The lowest BCUT2D eigenvalue weighted by molar-refractivity contribution is -0.856. The number of carbonyl (C=O) groups is 1. The second-order valence-electron chi connectivity index (χ2n) is 5.20. The monoisotopic (exact) mass is 274 g/mol. The van der Waals surface area contributed by atoms with Crippen LogP contribution in [0, 0.1) is 6.92 Å². The molecule has 0 aliphatic carbocycles. The summed E-state index contributed by atoms with van der Waals surface area (Å²) in [5, 5.41) is 13.5. The smallest absolute Gasteiger partial charge is 0.337 e. The van der Waals surface area contributed by atoms with Gasteiger partial charge in [-0.3, -0.25) is 4.98 Å². The highest BCUT2D eigenvalue weighted by molar-refractivity contribution is 6.05. The number of hydrogen-bond donors (Lipinski definition) is 3. The SMILES string of the molecule is Cc1cc(NCC[NH+](C)C)c2cccc(C(=O)O)c2n1. The van der Waals surface area contributed by atoms with Crippen molar-refractivity contribution in [3.8, 4) is 0 Å². The van der Waals surface area contributed by atoms with Crippen LogP contribution < -0.4 is 10.2 Å². The maximum Gasteiger partial charge on any atom is 0.337 e. The number of pyridine rings is 1. The summed E-state index contributed by atoms with van der Waals surface area (Å²) >= 11 is 0. The minimum atomic E-state index is -0.947. The van der Waals surface area contributed by atoms with Gasteiger partial charge in [0.2, 0.25) is 0 Å². The summed E-state index contributed by atoms with van der Waals surface area (Å²) in [6, 6.07) is 7.20. The maximum absolute atomic E-state index is 11.3. The van der Waals surface area contributed by atoms with Crippen molar-refractivity contribution in [3.05, 3.63) is 35.5 Å². The van der Waals surface area contributed by atoms with Crippen LogP contribution >= 0.6 is 0 Å². The molecule has 1 aromatic heterocycles. The largest absolute Gasteiger partial charge is 0.478 e. The van der Waals surface area contributed by atoms with Gasteiger partial charge in [0.15, 0.2) is 0 Å². The molecule has 0 aliphatic rings. The van der Waals surface area contributed by atoms with Crippen LogP contribution in [-0.4, -0.2) is 43.2 Å². The Morgan fingerprint density at radius 1 is 1.40 bits per heavy atom. The number of nitrogens with zero attached hydrogens (tertiary/aromatic N) is 1. The predicted molar refractivity (Wildman–Crippen MR) is 79.6 cm³/mol. The first-order valence-corrected chi connectivity index (χ1v) is 6.65. The molecule has 0 saturated heterocycles. The van der Waals surface area contributed by atoms with Crippen molar-refractivity contribution < 1.29 is 14.8 Å². The molecule has 0 spiro atoms. The number of nitrogens with one attached hydrogen (secondary N) is 2. The maximum atomic E-state index is 11.3. The standard InChI is InChI=1S/C15H19N3O2/c1-10-9-13(16-7-8-18(2)3)11-5-4-6-12(15(19)20)14(11)17-10/h4-6,9H,7-8H2,1-3H3,(H,16,17)(H,19,20)/p+1. The van der Waals surface area contributed by atoms with E-state index in [1.807, 2.05) is 19.1 Å². The van der Waals surface area contributed by atoms with Gasteiger partial charge in [-0.15, -0.1) is 0 Å². The first-order chi connectivity index (χ1) is 9.49. The van der Waals surface area contributed by atoms with E-state index < -0.39 is 5.97 Å². The summed E-state index contributed by atoms with van der Waals surface area (Å²) in [6.07, 6.45) is 0. The zero-order valence-electron chi connectivity index (χ0n) is 12.0. The number of anilines is 1. The molecule has 0 fully saturated rings. The second-order valence-corrected chi connectivity index (χ2v) is 5.20. The van der Waals surface area contributed by atoms with Crippen LogP contribution in [0.1, 0.15) is 16.1 Å². The van der Waals surface area contributed by atoms with Crippen LogP contribution in [0.4, 0.5) is 5.69 Å². The van der Waals surface area contributed by atoms with E-state index in [0.29, 0.717) is 5.52 Å². The molecule has 0 aliphatic heterocycles. The van der Waals surface area contributed by atoms with Gasteiger partial charge in [-0.2, -0.15) is 0 Å². The van der Waals surface area contributed by atoms with Gasteiger partial charge in [0, 0.05) is 16.8 Å². The molecule has 0 amide bonds. The van der Waals surface area contributed by atoms with Gasteiger partial charge >= 0.3 is 5.97 Å². The van der Waals surface area contributed by atoms with Crippen molar-refractivity contribution in [2.45, 2.75) is 6.92 Å². The Labute approximate surface area is 118 Å². The van der Waals surface area contributed by atoms with Crippen LogP contribution in [0.25, 0.3) is 10.9 Å². The van der Waals surface area contributed by atoms with Crippen molar-refractivity contribution >= 4 is 22.6 Å². The third-order valence-electron chi connectivity index (χ3n) is 3.14. The summed E-state index contributed by atoms with van der Waals surface area (Å²) in [5.74, 6) is -0.947. The van der Waals surface area contributed by atoms with Crippen molar-refractivity contribution in [1.29, 1.82) is 0 Å². The van der Waals surface area contributed by atoms with Crippen molar-refractivity contribution in [3.63, 3.8) is 0 Å². The fourth-order valence-electron chi connectivity index (χ4n) is 2.14. The average molecular weight is 274 g/mol. The third-order valence-corrected chi connectivity index (χ3v) is 3.14. The van der Waals surface area contributed by atoms with E-state index >= 15 is 0 Å². The van der Waals surface area contributed by atoms with Gasteiger partial charge in [0.1, 0.15) is 0 Å². The van der Waals surface area contributed by atoms with Crippen molar-refractivity contribution in [1.82, 2.24) is 4.98 Å². The van der Waals surface area contributed by atoms with Crippen LogP contribution in [0.2, 0.25) is 0 Å². The van der Waals surface area contributed by atoms with Crippen molar-refractivity contribution in [2.75, 3.05) is 32.5 Å². The van der Waals surface area contributed by atoms with Gasteiger partial charge in [0.25, 0.3) is 0 Å². The molecule has 0 unspecified atom stereocenters. The van der Waals surface area contributed by atoms with E-state index in [1.54, 1.807) is 12.1 Å². The van der Waals surface area contributed by atoms with Crippen LogP contribution in [-0.2, 0) is 0 Å². The normalized spacial score (nSPS) is 11.0. The highest BCUT2D eigenvalue weighted by atomic mass is 16.4. The summed E-state index contributed by atoms with van der Waals surface area (Å²) < 4.78 is 0. The summed E-state index contributed by atoms with van der Waals surface area (Å²) in [5.41, 5.74) is 2.54. The zero-order chi connectivity index (χ0) is 14.7. The number of para-hydroxylation sites is 1. The summed E-state index contributed by atoms with van der Waals surface area (Å²) in [4.78, 5) is 17.0. The molecule has 0 radical (unpaired) electrons. The van der Waals surface area contributed by atoms with Crippen LogP contribution in [0.15, 0.2) is 24.3 Å². The number of quaternary nitrogens is 1. The fraction of sp³-hybridized carbons (Fsp3) is 0.333. The Morgan fingerprint density at radius 2 is 2.15 bits per heavy atom. The van der Waals surface area contributed by atoms with E-state index in [-0.39, 0.29) is 5.56 Å². The van der Waals surface area contributed by atoms with Crippen molar-refractivity contribution in [2.24, 2.45) is 0 Å². The minimum Gasteiger partial charge on any atom is -0.478 e. The Kier molecular flexibility index (Phi) is 4.20. The molecule has 106 valence electrons. The Balaban J connectivity index is 2.44. The molecular formula is C15H20N3O2+. The number of rotatable bonds is 5. The number of aromatic carboxylic acids is 1. The highest BCUT2D eigenvalue weighted by Gasteiger charge is 2.12. The Bertz CT molecular complexity index is 638. The number of aryl methyl sites for hydroxylation is 1. The topological polar surface area (TPSA) is 66.7 Å². The molecule has 0 bridgehead atoms. The number of benzene rings is 1. The molecule has 2 rings (SSSR count). The first kappa shape index (κ1) is 14.3. The van der Waals surface area contributed by atoms with Gasteiger partial charge in [-0.05, 0) is 19.1 Å². The number of likely N-dealkylation sites (N-methyl/N-ethyl adjacent to an activating group) is 1. The molecule has 1 heterocycles. The zero-order valence-corrected chi connectivity index (χ0v) is 12.0. The van der Waals surface area contributed by atoms with Gasteiger partial charge in [-0.25, -0.2) is 4.79 Å². The molecule has 0 saturated carbocycles. The number of fused-ring (bicyclic) bond motifs is 1. The molecule has 20 heavy (non-hydrogen) atoms. The lowest BCUT2D eigenvalue weighted by Crippen LogP contribution is -3.06. The quantitative estimate of drug-likeness (QED) is 0.754. The summed E-state index contributed by atoms with van der Waals surface area (Å²) in [6.45, 7) is 3.69. The van der Waals surface area contributed by atoms with E-state index in [9.17, 15) is 9.90 Å². The summed E-state index contributed by atoms with van der Waals surface area (Å²) in [7, 11) is 4.19. The number of hydrogen-bond acceptors (Lipinski definition) is 3. The predicted octanol–water partition coefficient (Wildman–Crippen LogP) is 0.798. The van der Waals surface area contributed by atoms with E-state index in [2.05, 4.69) is 24.4 Å². The number of carboxylic acid groups (broad SMARTS) is 1. The van der Waals surface area contributed by atoms with Gasteiger partial charge in [-0.1, -0.05) is 12.1 Å². The first-order valence-electron chi connectivity index (χ1n) is 6.65. The van der Waals surface area contributed by atoms with Crippen LogP contribution in [0.3, 0.4) is 0 Å². The third kappa shape index (κ3) is 3.05. The molecule has 5 nitrogen and oxygen atoms in total. The average Bonchev–Trinajstić information content (AvgIpc) is 2.37. The van der Waals surface area contributed by atoms with E-state index in [0.717, 1.165) is 29.9 Å². The molecule has 3 N–H and O–H groups in total. The lowest BCUT2D eigenvalue weighted by atomic mass is 10.1. The molecule has 1 aromatic carbocycles. The lowest BCUT2D eigenvalue weighted by Gasteiger charge is -2.13. The van der Waals surface area contributed by atoms with E-state index in [4.69, 9.17) is 0 Å². The molecular weight excluding hydrogens is 254 g/mol. The Morgan fingerprint density at radius 3 is 2.80 bits per heavy atom. The number of aromatic nitrogens is 1. The van der Waals surface area contributed by atoms with Crippen LogP contribution in [0.5, 0.6) is 0 Å². The minimum absolute atomic E-state index is 0.243. The van der Waals surface area contributed by atoms with Gasteiger partial charge in [0.05, 0.1) is 38.3 Å². The fourth-order valence-corrected chi connectivity index (χ4v) is 2.14. The Hall–Kier alpha value is -2.14. The molecule has 5 heteroatoms. The van der Waals surface area contributed by atoms with E-state index in [1.165, 1.54) is 4.90 Å². The molecule has 0 atom stereocenters. The second kappa shape index (κ2) is 5.88. The highest BCUT2D eigenvalue weighted by Crippen LogP contribution is 2.25. The number of carboxylic acids is 1. The molecule has 2 aromatic rings.